The standard InChI is InChI=1S/C25H22FN3O2/c1-16-7-13-19(14-8-16)27-23-22(17-9-11-18(26)12-10-17)24(30)29(25(23)31)21-6-4-5-20(15-21)28(2)3/h4-15,27H,1-3H3. The molecule has 2 amide bonds. The van der Waals surface area contributed by atoms with Crippen molar-refractivity contribution < 1.29 is 14.0 Å². The number of aryl methyl sites for hydroxylation is 1. The van der Waals surface area contributed by atoms with Gasteiger partial charge in [-0.05, 0) is 55.0 Å². The first-order valence-corrected chi connectivity index (χ1v) is 9.85. The third-order valence-corrected chi connectivity index (χ3v) is 5.14. The van der Waals surface area contributed by atoms with Crippen LogP contribution in [0.5, 0.6) is 0 Å². The minimum Gasteiger partial charge on any atom is -0.378 e. The molecule has 6 heteroatoms. The summed E-state index contributed by atoms with van der Waals surface area (Å²) in [6.45, 7) is 1.97. The molecule has 0 spiro atoms. The Labute approximate surface area is 180 Å². The Morgan fingerprint density at radius 3 is 2.19 bits per heavy atom. The molecule has 5 nitrogen and oxygen atoms in total. The van der Waals surface area contributed by atoms with Crippen LogP contribution >= 0.6 is 0 Å². The number of nitrogens with one attached hydrogen (secondary N) is 1. The molecular formula is C25H22FN3O2. The van der Waals surface area contributed by atoms with Crippen LogP contribution in [0.2, 0.25) is 0 Å². The number of nitrogens with zero attached hydrogens (tertiary/aromatic N) is 2. The molecule has 0 aromatic heterocycles. The molecule has 3 aromatic rings. The average molecular weight is 415 g/mol. The van der Waals surface area contributed by atoms with Gasteiger partial charge in [0.25, 0.3) is 11.8 Å². The Hall–Kier alpha value is -3.93. The molecule has 1 N–H and O–H groups in total. The Morgan fingerprint density at radius 1 is 0.871 bits per heavy atom. The molecule has 4 rings (SSSR count). The third kappa shape index (κ3) is 3.92. The van der Waals surface area contributed by atoms with Crippen molar-refractivity contribution in [2.45, 2.75) is 6.92 Å². The zero-order valence-electron chi connectivity index (χ0n) is 17.5. The van der Waals surface area contributed by atoms with Gasteiger partial charge in [0.1, 0.15) is 11.5 Å². The van der Waals surface area contributed by atoms with Gasteiger partial charge in [0, 0.05) is 25.5 Å². The van der Waals surface area contributed by atoms with Crippen molar-refractivity contribution in [2.24, 2.45) is 0 Å². The Balaban J connectivity index is 1.81. The van der Waals surface area contributed by atoms with Crippen molar-refractivity contribution in [3.05, 3.63) is 95.4 Å². The minimum absolute atomic E-state index is 0.163. The second kappa shape index (κ2) is 8.07. The first kappa shape index (κ1) is 20.3. The van der Waals surface area contributed by atoms with Crippen LogP contribution in [0, 0.1) is 12.7 Å². The van der Waals surface area contributed by atoms with E-state index < -0.39 is 17.6 Å². The van der Waals surface area contributed by atoms with Gasteiger partial charge < -0.3 is 10.2 Å². The van der Waals surface area contributed by atoms with Crippen LogP contribution in [0.3, 0.4) is 0 Å². The summed E-state index contributed by atoms with van der Waals surface area (Å²) >= 11 is 0. The van der Waals surface area contributed by atoms with Crippen molar-refractivity contribution in [3.63, 3.8) is 0 Å². The maximum absolute atomic E-state index is 13.5. The van der Waals surface area contributed by atoms with Gasteiger partial charge in [0.05, 0.1) is 11.3 Å². The molecule has 0 aliphatic carbocycles. The molecule has 0 radical (unpaired) electrons. The smallest absolute Gasteiger partial charge is 0.282 e. The third-order valence-electron chi connectivity index (χ3n) is 5.14. The van der Waals surface area contributed by atoms with E-state index in [1.54, 1.807) is 18.2 Å². The van der Waals surface area contributed by atoms with Gasteiger partial charge in [-0.15, -0.1) is 0 Å². The summed E-state index contributed by atoms with van der Waals surface area (Å²) in [6.07, 6.45) is 0. The van der Waals surface area contributed by atoms with Gasteiger partial charge in [-0.2, -0.15) is 0 Å². The number of hydrogen-bond acceptors (Lipinski definition) is 4. The molecule has 1 heterocycles. The minimum atomic E-state index is -0.458. The maximum atomic E-state index is 13.5. The van der Waals surface area contributed by atoms with Crippen molar-refractivity contribution in [1.29, 1.82) is 0 Å². The van der Waals surface area contributed by atoms with Crippen LogP contribution < -0.4 is 15.1 Å². The number of anilines is 3. The highest BCUT2D eigenvalue weighted by atomic mass is 19.1. The normalized spacial score (nSPS) is 13.7. The summed E-state index contributed by atoms with van der Waals surface area (Å²) in [5, 5.41) is 3.11. The van der Waals surface area contributed by atoms with Gasteiger partial charge in [0.15, 0.2) is 0 Å². The number of imide groups is 1. The lowest BCUT2D eigenvalue weighted by atomic mass is 10.0. The highest BCUT2D eigenvalue weighted by Gasteiger charge is 2.40. The monoisotopic (exact) mass is 415 g/mol. The van der Waals surface area contributed by atoms with E-state index in [9.17, 15) is 14.0 Å². The number of amides is 2. The first-order chi connectivity index (χ1) is 14.8. The lowest BCUT2D eigenvalue weighted by Crippen LogP contribution is -2.32. The van der Waals surface area contributed by atoms with Gasteiger partial charge in [0.2, 0.25) is 0 Å². The predicted octanol–water partition coefficient (Wildman–Crippen LogP) is 4.60. The molecule has 0 atom stereocenters. The fourth-order valence-corrected chi connectivity index (χ4v) is 3.46. The highest BCUT2D eigenvalue weighted by molar-refractivity contribution is 6.46. The Morgan fingerprint density at radius 2 is 1.55 bits per heavy atom. The fraction of sp³-hybridized carbons (Fsp3) is 0.120. The van der Waals surface area contributed by atoms with Crippen molar-refractivity contribution in [3.8, 4) is 0 Å². The molecule has 0 saturated carbocycles. The van der Waals surface area contributed by atoms with Crippen LogP contribution in [0.15, 0.2) is 78.5 Å². The van der Waals surface area contributed by atoms with E-state index >= 15 is 0 Å². The second-order valence-corrected chi connectivity index (χ2v) is 7.61. The van der Waals surface area contributed by atoms with Crippen LogP contribution in [0.25, 0.3) is 5.57 Å². The van der Waals surface area contributed by atoms with Crippen LogP contribution in [0.4, 0.5) is 21.5 Å². The summed E-state index contributed by atoms with van der Waals surface area (Å²) in [4.78, 5) is 29.9. The van der Waals surface area contributed by atoms with Crippen LogP contribution in [-0.4, -0.2) is 25.9 Å². The SMILES string of the molecule is Cc1ccc(NC2=C(c3ccc(F)cc3)C(=O)N(c3cccc(N(C)C)c3)C2=O)cc1. The molecule has 1 aliphatic heterocycles. The van der Waals surface area contributed by atoms with E-state index in [-0.39, 0.29) is 11.3 Å². The maximum Gasteiger partial charge on any atom is 0.282 e. The lowest BCUT2D eigenvalue weighted by Gasteiger charge is -2.19. The highest BCUT2D eigenvalue weighted by Crippen LogP contribution is 2.35. The second-order valence-electron chi connectivity index (χ2n) is 7.61. The molecule has 3 aromatic carbocycles. The topological polar surface area (TPSA) is 52.7 Å². The predicted molar refractivity (Wildman–Crippen MR) is 121 cm³/mol. The molecule has 156 valence electrons. The summed E-state index contributed by atoms with van der Waals surface area (Å²) in [5.41, 5.74) is 3.94. The Kier molecular flexibility index (Phi) is 5.29. The number of halogens is 1. The van der Waals surface area contributed by atoms with Crippen LogP contribution in [-0.2, 0) is 9.59 Å². The van der Waals surface area contributed by atoms with Gasteiger partial charge >= 0.3 is 0 Å². The summed E-state index contributed by atoms with van der Waals surface area (Å²) in [6, 6.07) is 20.3. The van der Waals surface area contributed by atoms with Gasteiger partial charge in [-0.3, -0.25) is 9.59 Å². The van der Waals surface area contributed by atoms with Crippen molar-refractivity contribution >= 4 is 34.4 Å². The van der Waals surface area contributed by atoms with E-state index in [2.05, 4.69) is 5.32 Å². The van der Waals surface area contributed by atoms with E-state index in [0.29, 0.717) is 16.9 Å². The van der Waals surface area contributed by atoms with E-state index in [1.165, 1.54) is 24.3 Å². The Bertz CT molecular complexity index is 1180. The summed E-state index contributed by atoms with van der Waals surface area (Å²) < 4.78 is 13.5. The van der Waals surface area contributed by atoms with E-state index in [0.717, 1.165) is 16.2 Å². The molecule has 0 unspecified atom stereocenters. The molecule has 1 aliphatic rings. The molecule has 0 bridgehead atoms. The molecular weight excluding hydrogens is 393 g/mol. The number of hydrogen-bond donors (Lipinski definition) is 1. The fourth-order valence-electron chi connectivity index (χ4n) is 3.46. The number of benzene rings is 3. The molecule has 0 fully saturated rings. The van der Waals surface area contributed by atoms with E-state index in [1.807, 2.05) is 56.3 Å². The quantitative estimate of drug-likeness (QED) is 0.619. The number of carbonyl (C=O) groups is 2. The van der Waals surface area contributed by atoms with E-state index in [4.69, 9.17) is 0 Å². The largest absolute Gasteiger partial charge is 0.378 e. The number of carbonyl (C=O) groups excluding carboxylic acids is 2. The van der Waals surface area contributed by atoms with Crippen molar-refractivity contribution in [1.82, 2.24) is 0 Å². The zero-order valence-corrected chi connectivity index (χ0v) is 17.5. The van der Waals surface area contributed by atoms with Crippen molar-refractivity contribution in [2.75, 3.05) is 29.2 Å². The number of rotatable bonds is 5. The first-order valence-electron chi connectivity index (χ1n) is 9.85. The average Bonchev–Trinajstić information content (AvgIpc) is 3.00. The van der Waals surface area contributed by atoms with Gasteiger partial charge in [-0.25, -0.2) is 9.29 Å². The van der Waals surface area contributed by atoms with Crippen LogP contribution in [0.1, 0.15) is 11.1 Å². The molecule has 31 heavy (non-hydrogen) atoms. The molecule has 0 saturated heterocycles. The van der Waals surface area contributed by atoms with Gasteiger partial charge in [-0.1, -0.05) is 35.9 Å². The lowest BCUT2D eigenvalue weighted by molar-refractivity contribution is -0.120. The summed E-state index contributed by atoms with van der Waals surface area (Å²) in [5.74, 6) is -1.33. The summed E-state index contributed by atoms with van der Waals surface area (Å²) in [7, 11) is 3.78. The zero-order chi connectivity index (χ0) is 22.1.